The third kappa shape index (κ3) is 6.86. The summed E-state index contributed by atoms with van der Waals surface area (Å²) in [5, 5.41) is 9.16. The molecule has 0 unspecified atom stereocenters. The van der Waals surface area contributed by atoms with Gasteiger partial charge in [-0.2, -0.15) is 5.10 Å². The lowest BCUT2D eigenvalue weighted by Crippen LogP contribution is -2.53. The molecule has 1 fully saturated rings. The zero-order valence-electron chi connectivity index (χ0n) is 25.7. The fraction of sp³-hybridized carbons (Fsp3) is 0.412. The van der Waals surface area contributed by atoms with Gasteiger partial charge in [-0.15, -0.1) is 0 Å². The Kier molecular flexibility index (Phi) is 9.11. The minimum absolute atomic E-state index is 0.0603. The number of aryl methyl sites for hydroxylation is 2. The van der Waals surface area contributed by atoms with E-state index in [2.05, 4.69) is 10.3 Å². The largest absolute Gasteiger partial charge is 0.344 e. The van der Waals surface area contributed by atoms with Gasteiger partial charge in [-0.05, 0) is 75.8 Å². The summed E-state index contributed by atoms with van der Waals surface area (Å²) in [6.07, 6.45) is 3.58. The van der Waals surface area contributed by atoms with E-state index in [1.807, 2.05) is 54.9 Å². The Morgan fingerprint density at radius 1 is 0.956 bits per heavy atom. The van der Waals surface area contributed by atoms with Crippen LogP contribution < -0.4 is 5.32 Å². The van der Waals surface area contributed by atoms with E-state index in [-0.39, 0.29) is 24.1 Å². The second kappa shape index (κ2) is 13.4. The first-order valence-corrected chi connectivity index (χ1v) is 16.1. The van der Waals surface area contributed by atoms with Crippen molar-refractivity contribution in [3.05, 3.63) is 88.1 Å². The molecular weight excluding hydrogens is 590 g/mol. The van der Waals surface area contributed by atoms with Crippen molar-refractivity contribution in [3.63, 3.8) is 0 Å². The fourth-order valence-corrected chi connectivity index (χ4v) is 6.67. The molecule has 10 nitrogen and oxygen atoms in total. The van der Waals surface area contributed by atoms with E-state index in [1.165, 1.54) is 0 Å². The van der Waals surface area contributed by atoms with Crippen LogP contribution in [0.3, 0.4) is 0 Å². The Hall–Kier alpha value is -4.31. The molecule has 234 valence electrons. The highest BCUT2D eigenvalue weighted by molar-refractivity contribution is 6.31. The number of nitrogens with zero attached hydrogens (tertiary/aromatic N) is 6. The van der Waals surface area contributed by atoms with E-state index in [0.29, 0.717) is 78.6 Å². The van der Waals surface area contributed by atoms with Crippen LogP contribution in [0.1, 0.15) is 71.4 Å². The van der Waals surface area contributed by atoms with Gasteiger partial charge in [0.1, 0.15) is 17.7 Å². The van der Waals surface area contributed by atoms with E-state index in [9.17, 15) is 14.4 Å². The van der Waals surface area contributed by atoms with Crippen molar-refractivity contribution < 1.29 is 14.4 Å². The lowest BCUT2D eigenvalue weighted by Gasteiger charge is -2.36. The Morgan fingerprint density at radius 3 is 2.60 bits per heavy atom. The maximum absolute atomic E-state index is 14.2. The molecule has 11 heteroatoms. The molecule has 2 aliphatic heterocycles. The molecule has 2 aromatic heterocycles. The summed E-state index contributed by atoms with van der Waals surface area (Å²) in [6.45, 7) is 5.32. The van der Waals surface area contributed by atoms with Gasteiger partial charge in [0.25, 0.3) is 5.91 Å². The Balaban J connectivity index is 1.38. The first kappa shape index (κ1) is 30.7. The molecule has 4 heterocycles. The van der Waals surface area contributed by atoms with Crippen molar-refractivity contribution in [2.45, 2.75) is 71.0 Å². The van der Waals surface area contributed by atoms with Gasteiger partial charge in [-0.3, -0.25) is 19.4 Å². The maximum Gasteiger partial charge on any atom is 0.254 e. The summed E-state index contributed by atoms with van der Waals surface area (Å²) >= 11 is 6.34. The number of benzene rings is 2. The summed E-state index contributed by atoms with van der Waals surface area (Å²) in [6, 6.07) is 16.1. The maximum atomic E-state index is 14.2. The second-order valence-electron chi connectivity index (χ2n) is 12.0. The third-order valence-electron chi connectivity index (χ3n) is 8.66. The monoisotopic (exact) mass is 627 g/mol. The van der Waals surface area contributed by atoms with Gasteiger partial charge >= 0.3 is 0 Å². The summed E-state index contributed by atoms with van der Waals surface area (Å²) in [7, 11) is 0. The third-order valence-corrected chi connectivity index (χ3v) is 8.89. The number of rotatable bonds is 3. The Bertz CT molecular complexity index is 1720. The van der Waals surface area contributed by atoms with E-state index < -0.39 is 12.1 Å². The van der Waals surface area contributed by atoms with E-state index in [0.717, 1.165) is 24.1 Å². The second-order valence-corrected chi connectivity index (χ2v) is 12.4. The molecule has 45 heavy (non-hydrogen) atoms. The van der Waals surface area contributed by atoms with Gasteiger partial charge in [0, 0.05) is 42.2 Å². The van der Waals surface area contributed by atoms with E-state index >= 15 is 0 Å². The highest BCUT2D eigenvalue weighted by Gasteiger charge is 2.34. The summed E-state index contributed by atoms with van der Waals surface area (Å²) in [5.74, 6) is 0.827. The summed E-state index contributed by atoms with van der Waals surface area (Å²) in [5.41, 5.74) is 3.00. The van der Waals surface area contributed by atoms with Crippen LogP contribution >= 0.6 is 11.6 Å². The van der Waals surface area contributed by atoms with Crippen molar-refractivity contribution in [2.24, 2.45) is 0 Å². The molecule has 0 saturated carbocycles. The quantitative estimate of drug-likeness (QED) is 0.349. The number of piperidine rings is 1. The SMILES string of the molecule is Cc1cc(C(=O)N2CCCC(=O)N3CCCC[C@H]3C(=O)N[C@H](Cc3ccccc3)c3nc(C)nn3CC2)c2cc(Cl)ccc2n1. The molecule has 0 radical (unpaired) electrons. The number of nitrogens with one attached hydrogen (secondary N) is 1. The number of hydrogen-bond donors (Lipinski definition) is 1. The number of aromatic nitrogens is 4. The molecule has 2 atom stereocenters. The van der Waals surface area contributed by atoms with Gasteiger partial charge in [0.2, 0.25) is 11.8 Å². The molecular formula is C34H38ClN7O3. The number of carbonyl (C=O) groups is 3. The van der Waals surface area contributed by atoms with Crippen molar-refractivity contribution >= 4 is 40.2 Å². The van der Waals surface area contributed by atoms with Crippen molar-refractivity contribution in [1.82, 2.24) is 34.9 Å². The molecule has 2 aromatic carbocycles. The number of hydrogen-bond acceptors (Lipinski definition) is 6. The number of pyridine rings is 1. The van der Waals surface area contributed by atoms with Gasteiger partial charge in [-0.25, -0.2) is 9.67 Å². The molecule has 0 spiro atoms. The standard InChI is InChI=1S/C34H38ClN7O3/c1-22-19-27(26-21-25(35)13-14-28(26)36-22)34(45)40-15-8-12-31(43)41-16-7-6-11-30(41)33(44)38-29(20-24-9-4-3-5-10-24)32-37-23(2)39-42(32)18-17-40/h3-5,9-10,13-14,19,21,29-30H,6-8,11-12,15-18,20H2,1-2H3,(H,38,44)/t29-,30+/m1/s1. The van der Waals surface area contributed by atoms with Crippen LogP contribution in [0.4, 0.5) is 0 Å². The number of fused-ring (bicyclic) bond motifs is 3. The highest BCUT2D eigenvalue weighted by atomic mass is 35.5. The van der Waals surface area contributed by atoms with Crippen molar-refractivity contribution in [2.75, 3.05) is 19.6 Å². The number of amides is 3. The highest BCUT2D eigenvalue weighted by Crippen LogP contribution is 2.26. The minimum atomic E-state index is -0.543. The fourth-order valence-electron chi connectivity index (χ4n) is 6.49. The average Bonchev–Trinajstić information content (AvgIpc) is 3.41. The average molecular weight is 628 g/mol. The normalized spacial score (nSPS) is 19.9. The Morgan fingerprint density at radius 2 is 1.78 bits per heavy atom. The molecule has 4 aromatic rings. The first-order chi connectivity index (χ1) is 21.8. The molecule has 0 bridgehead atoms. The smallest absolute Gasteiger partial charge is 0.254 e. The van der Waals surface area contributed by atoms with Gasteiger partial charge < -0.3 is 15.1 Å². The topological polar surface area (TPSA) is 113 Å². The van der Waals surface area contributed by atoms with Crippen molar-refractivity contribution in [1.29, 1.82) is 0 Å². The molecule has 1 saturated heterocycles. The van der Waals surface area contributed by atoms with Crippen LogP contribution in [0.2, 0.25) is 5.02 Å². The lowest BCUT2D eigenvalue weighted by atomic mass is 9.99. The van der Waals surface area contributed by atoms with Gasteiger partial charge in [0.05, 0.1) is 23.7 Å². The lowest BCUT2D eigenvalue weighted by molar-refractivity contribution is -0.142. The van der Waals surface area contributed by atoms with Crippen LogP contribution in [0.25, 0.3) is 10.9 Å². The van der Waals surface area contributed by atoms with Gasteiger partial charge in [-0.1, -0.05) is 41.9 Å². The summed E-state index contributed by atoms with van der Waals surface area (Å²) in [4.78, 5) is 54.5. The van der Waals surface area contributed by atoms with Crippen LogP contribution in [0.5, 0.6) is 0 Å². The number of carbonyl (C=O) groups excluding carboxylic acids is 3. The van der Waals surface area contributed by atoms with Crippen LogP contribution in [-0.2, 0) is 22.6 Å². The number of halogens is 1. The minimum Gasteiger partial charge on any atom is -0.344 e. The van der Waals surface area contributed by atoms with Gasteiger partial charge in [0.15, 0.2) is 0 Å². The molecule has 1 N–H and O–H groups in total. The van der Waals surface area contributed by atoms with E-state index in [4.69, 9.17) is 21.7 Å². The predicted molar refractivity (Wildman–Crippen MR) is 172 cm³/mol. The molecule has 2 aliphatic rings. The zero-order valence-corrected chi connectivity index (χ0v) is 26.5. The summed E-state index contributed by atoms with van der Waals surface area (Å²) < 4.78 is 1.81. The Labute approximate surface area is 267 Å². The zero-order chi connectivity index (χ0) is 31.5. The van der Waals surface area contributed by atoms with Crippen LogP contribution in [-0.4, -0.2) is 72.9 Å². The molecule has 0 aliphatic carbocycles. The van der Waals surface area contributed by atoms with Crippen LogP contribution in [0.15, 0.2) is 54.6 Å². The molecule has 6 rings (SSSR count). The van der Waals surface area contributed by atoms with Crippen LogP contribution in [0, 0.1) is 13.8 Å². The first-order valence-electron chi connectivity index (χ1n) is 15.7. The predicted octanol–water partition coefficient (Wildman–Crippen LogP) is 4.81. The van der Waals surface area contributed by atoms with Crippen molar-refractivity contribution in [3.8, 4) is 0 Å². The van der Waals surface area contributed by atoms with E-state index in [1.54, 1.807) is 28.0 Å². The molecule has 3 amide bonds.